The predicted molar refractivity (Wildman–Crippen MR) is 108 cm³/mol. The van der Waals surface area contributed by atoms with Crippen LogP contribution in [-0.4, -0.2) is 61.8 Å². The fraction of sp³-hybridized carbons (Fsp3) is 0.524. The largest absolute Gasteiger partial charge is 0.480 e. The van der Waals surface area contributed by atoms with E-state index in [4.69, 9.17) is 0 Å². The molecule has 1 atom stereocenters. The number of anilines is 1. The van der Waals surface area contributed by atoms with Gasteiger partial charge in [-0.15, -0.1) is 0 Å². The zero-order valence-electron chi connectivity index (χ0n) is 16.9. The summed E-state index contributed by atoms with van der Waals surface area (Å²) in [6.45, 7) is 5.67. The second-order valence-corrected chi connectivity index (χ2v) is 8.26. The highest BCUT2D eigenvalue weighted by Crippen LogP contribution is 2.34. The predicted octanol–water partition coefficient (Wildman–Crippen LogP) is 2.26. The molecule has 4 rings (SSSR count). The van der Waals surface area contributed by atoms with E-state index >= 15 is 0 Å². The van der Waals surface area contributed by atoms with Crippen LogP contribution in [0.5, 0.6) is 0 Å². The molecule has 0 radical (unpaired) electrons. The third-order valence-corrected chi connectivity index (χ3v) is 6.29. The van der Waals surface area contributed by atoms with Gasteiger partial charge in [0, 0.05) is 37.9 Å². The van der Waals surface area contributed by atoms with Crippen molar-refractivity contribution in [3.63, 3.8) is 0 Å². The minimum atomic E-state index is -1.07. The molecule has 0 bridgehead atoms. The number of hydrogen-bond donors (Lipinski definition) is 1. The fourth-order valence-electron chi connectivity index (χ4n) is 4.49. The van der Waals surface area contributed by atoms with Gasteiger partial charge in [-0.05, 0) is 51.2 Å². The first-order chi connectivity index (χ1) is 13.9. The van der Waals surface area contributed by atoms with Crippen LogP contribution in [0.3, 0.4) is 0 Å². The van der Waals surface area contributed by atoms with Gasteiger partial charge in [-0.3, -0.25) is 9.78 Å². The van der Waals surface area contributed by atoms with Crippen LogP contribution in [0.15, 0.2) is 30.9 Å². The van der Waals surface area contributed by atoms with Gasteiger partial charge in [0.1, 0.15) is 5.54 Å². The van der Waals surface area contributed by atoms with Crippen molar-refractivity contribution in [2.24, 2.45) is 5.92 Å². The van der Waals surface area contributed by atoms with Crippen LogP contribution in [0.1, 0.15) is 38.2 Å². The zero-order chi connectivity index (χ0) is 20.6. The number of carboxylic acid groups (broad SMARTS) is 1. The number of carbonyl (C=O) groups excluding carboxylic acids is 1. The van der Waals surface area contributed by atoms with Crippen LogP contribution in [0, 0.1) is 12.8 Å². The molecule has 2 aliphatic heterocycles. The highest BCUT2D eigenvalue weighted by Gasteiger charge is 2.47. The zero-order valence-corrected chi connectivity index (χ0v) is 16.9. The Balaban J connectivity index is 1.47. The third-order valence-electron chi connectivity index (χ3n) is 6.29. The van der Waals surface area contributed by atoms with Gasteiger partial charge in [0.25, 0.3) is 0 Å². The number of aliphatic carboxylic acids is 1. The summed E-state index contributed by atoms with van der Waals surface area (Å²) in [7, 11) is 0. The Morgan fingerprint density at radius 2 is 1.93 bits per heavy atom. The number of aromatic nitrogens is 3. The first-order valence-corrected chi connectivity index (χ1v) is 10.2. The molecule has 1 N–H and O–H groups in total. The lowest BCUT2D eigenvalue weighted by molar-refractivity contribution is -0.157. The highest BCUT2D eigenvalue weighted by molar-refractivity contribution is 5.88. The fourth-order valence-corrected chi connectivity index (χ4v) is 4.49. The number of likely N-dealkylation sites (tertiary alicyclic amines) is 1. The Bertz CT molecular complexity index is 919. The van der Waals surface area contributed by atoms with E-state index in [0.29, 0.717) is 25.8 Å². The van der Waals surface area contributed by atoms with Crippen LogP contribution in [0.4, 0.5) is 5.69 Å². The van der Waals surface area contributed by atoms with Crippen LogP contribution >= 0.6 is 0 Å². The Hall–Kier alpha value is -2.90. The Morgan fingerprint density at radius 1 is 1.17 bits per heavy atom. The maximum absolute atomic E-state index is 13.1. The van der Waals surface area contributed by atoms with Gasteiger partial charge < -0.3 is 14.9 Å². The quantitative estimate of drug-likeness (QED) is 0.851. The number of carboxylic acids is 1. The van der Waals surface area contributed by atoms with E-state index in [2.05, 4.69) is 15.0 Å². The molecule has 1 amide bonds. The molecule has 0 saturated carbocycles. The standard InChI is InChI=1S/C21H27N5O3/c1-15-12-23-26(14-15)17-4-8-22-13-18(17)24-10-5-16(6-11-24)19(27)25-9-3-7-21(25,2)20(28)29/h4,8,12-14,16H,3,5-7,9-11H2,1-2H3,(H,28,29)/t21-/m1/s1. The summed E-state index contributed by atoms with van der Waals surface area (Å²) in [6.07, 6.45) is 10.1. The van der Waals surface area contributed by atoms with Crippen molar-refractivity contribution in [2.75, 3.05) is 24.5 Å². The molecule has 8 heteroatoms. The molecule has 8 nitrogen and oxygen atoms in total. The molecule has 2 aromatic rings. The normalized spacial score (nSPS) is 22.8. The van der Waals surface area contributed by atoms with Gasteiger partial charge in [-0.25, -0.2) is 9.48 Å². The van der Waals surface area contributed by atoms with Crippen molar-refractivity contribution < 1.29 is 14.7 Å². The van der Waals surface area contributed by atoms with Crippen molar-refractivity contribution in [2.45, 2.75) is 45.1 Å². The van der Waals surface area contributed by atoms with E-state index in [1.54, 1.807) is 18.0 Å². The van der Waals surface area contributed by atoms with Gasteiger partial charge >= 0.3 is 5.97 Å². The van der Waals surface area contributed by atoms with Crippen molar-refractivity contribution >= 4 is 17.6 Å². The Labute approximate surface area is 170 Å². The lowest BCUT2D eigenvalue weighted by Crippen LogP contribution is -2.53. The van der Waals surface area contributed by atoms with Gasteiger partial charge in [0.05, 0.1) is 23.8 Å². The SMILES string of the molecule is Cc1cnn(-c2ccncc2N2CCC(C(=O)N3CCC[C@]3(C)C(=O)O)CC2)c1. The molecule has 0 aromatic carbocycles. The summed E-state index contributed by atoms with van der Waals surface area (Å²) < 4.78 is 1.85. The molecule has 154 valence electrons. The van der Waals surface area contributed by atoms with Crippen molar-refractivity contribution in [1.29, 1.82) is 0 Å². The van der Waals surface area contributed by atoms with E-state index < -0.39 is 11.5 Å². The summed E-state index contributed by atoms with van der Waals surface area (Å²) >= 11 is 0. The Morgan fingerprint density at radius 3 is 2.59 bits per heavy atom. The molecule has 2 fully saturated rings. The smallest absolute Gasteiger partial charge is 0.329 e. The summed E-state index contributed by atoms with van der Waals surface area (Å²) in [5.41, 5.74) is 1.99. The van der Waals surface area contributed by atoms with Gasteiger partial charge in [0.2, 0.25) is 5.91 Å². The summed E-state index contributed by atoms with van der Waals surface area (Å²) in [5, 5.41) is 14.0. The minimum absolute atomic E-state index is 0.0128. The van der Waals surface area contributed by atoms with E-state index in [9.17, 15) is 14.7 Å². The topological polar surface area (TPSA) is 91.6 Å². The summed E-state index contributed by atoms with van der Waals surface area (Å²) in [6, 6.07) is 1.95. The van der Waals surface area contributed by atoms with Crippen LogP contribution in [0.2, 0.25) is 0 Å². The maximum atomic E-state index is 13.1. The average molecular weight is 397 g/mol. The molecular weight excluding hydrogens is 370 g/mol. The van der Waals surface area contributed by atoms with Crippen molar-refractivity contribution in [3.05, 3.63) is 36.4 Å². The Kier molecular flexibility index (Phi) is 5.02. The van der Waals surface area contributed by atoms with Crippen molar-refractivity contribution in [3.8, 4) is 5.69 Å². The van der Waals surface area contributed by atoms with Crippen LogP contribution < -0.4 is 4.90 Å². The lowest BCUT2D eigenvalue weighted by Gasteiger charge is -2.38. The number of carbonyl (C=O) groups is 2. The second kappa shape index (κ2) is 7.50. The van der Waals surface area contributed by atoms with E-state index in [1.165, 1.54) is 0 Å². The van der Waals surface area contributed by atoms with Crippen LogP contribution in [0.25, 0.3) is 5.69 Å². The monoisotopic (exact) mass is 397 g/mol. The number of hydrogen-bond acceptors (Lipinski definition) is 5. The van der Waals surface area contributed by atoms with Crippen molar-refractivity contribution in [1.82, 2.24) is 19.7 Å². The van der Waals surface area contributed by atoms with E-state index in [-0.39, 0.29) is 11.8 Å². The van der Waals surface area contributed by atoms with E-state index in [0.717, 1.165) is 36.4 Å². The molecule has 0 unspecified atom stereocenters. The number of rotatable bonds is 4. The third kappa shape index (κ3) is 3.47. The molecule has 4 heterocycles. The molecule has 2 aromatic heterocycles. The molecule has 2 saturated heterocycles. The number of amides is 1. The molecule has 2 aliphatic rings. The molecule has 0 spiro atoms. The number of aryl methyl sites for hydroxylation is 1. The van der Waals surface area contributed by atoms with Crippen LogP contribution in [-0.2, 0) is 9.59 Å². The van der Waals surface area contributed by atoms with Gasteiger partial charge in [-0.2, -0.15) is 5.10 Å². The first kappa shape index (κ1) is 19.4. The second-order valence-electron chi connectivity index (χ2n) is 8.26. The first-order valence-electron chi connectivity index (χ1n) is 10.2. The summed E-state index contributed by atoms with van der Waals surface area (Å²) in [5.74, 6) is -1.05. The van der Waals surface area contributed by atoms with Gasteiger partial charge in [0.15, 0.2) is 0 Å². The minimum Gasteiger partial charge on any atom is -0.480 e. The lowest BCUT2D eigenvalue weighted by atomic mass is 9.92. The maximum Gasteiger partial charge on any atom is 0.329 e. The number of pyridine rings is 1. The molecule has 0 aliphatic carbocycles. The molecule has 29 heavy (non-hydrogen) atoms. The highest BCUT2D eigenvalue weighted by atomic mass is 16.4. The van der Waals surface area contributed by atoms with E-state index in [1.807, 2.05) is 36.3 Å². The number of piperidine rings is 1. The summed E-state index contributed by atoms with van der Waals surface area (Å²) in [4.78, 5) is 32.9. The molecular formula is C21H27N5O3. The average Bonchev–Trinajstić information content (AvgIpc) is 3.34. The van der Waals surface area contributed by atoms with Gasteiger partial charge in [-0.1, -0.05) is 0 Å². The number of nitrogens with zero attached hydrogens (tertiary/aromatic N) is 5.